The highest BCUT2D eigenvalue weighted by Crippen LogP contribution is 2.31. The van der Waals surface area contributed by atoms with Crippen molar-refractivity contribution >= 4 is 29.0 Å². The second kappa shape index (κ2) is 11.3. The van der Waals surface area contributed by atoms with E-state index in [9.17, 15) is 18.0 Å². The van der Waals surface area contributed by atoms with Crippen molar-refractivity contribution in [2.75, 3.05) is 31.0 Å². The first-order valence-electron chi connectivity index (χ1n) is 10.9. The van der Waals surface area contributed by atoms with Crippen molar-refractivity contribution in [2.24, 2.45) is 0 Å². The van der Waals surface area contributed by atoms with E-state index in [0.29, 0.717) is 34.3 Å². The summed E-state index contributed by atoms with van der Waals surface area (Å²) in [6.45, 7) is 0.499. The number of methoxy groups -OCH3 is 1. The molecule has 0 fully saturated rings. The SMILES string of the molecule is COCCOc1nc(-c2ccc(C(F)(F)F)cc2)n(-c2ccc(NC(=O)Nc3cccc(Cl)c3)cc2)n1. The molecule has 0 saturated heterocycles. The molecular formula is C25H21ClF3N5O3. The second-order valence-corrected chi connectivity index (χ2v) is 8.12. The van der Waals surface area contributed by atoms with Gasteiger partial charge in [-0.05, 0) is 54.6 Å². The third-order valence-electron chi connectivity index (χ3n) is 5.03. The summed E-state index contributed by atoms with van der Waals surface area (Å²) >= 11 is 5.94. The summed E-state index contributed by atoms with van der Waals surface area (Å²) in [5.41, 5.74) is 1.21. The van der Waals surface area contributed by atoms with Crippen LogP contribution in [0, 0.1) is 0 Å². The molecule has 0 aliphatic carbocycles. The second-order valence-electron chi connectivity index (χ2n) is 7.68. The molecule has 2 amide bonds. The highest BCUT2D eigenvalue weighted by molar-refractivity contribution is 6.30. The van der Waals surface area contributed by atoms with E-state index in [1.165, 1.54) is 23.9 Å². The Hall–Kier alpha value is -4.09. The zero-order valence-electron chi connectivity index (χ0n) is 19.4. The van der Waals surface area contributed by atoms with Gasteiger partial charge in [-0.1, -0.05) is 29.8 Å². The van der Waals surface area contributed by atoms with Crippen LogP contribution in [-0.2, 0) is 10.9 Å². The van der Waals surface area contributed by atoms with Crippen molar-refractivity contribution < 1.29 is 27.4 Å². The number of hydrogen-bond donors (Lipinski definition) is 2. The maximum Gasteiger partial charge on any atom is 0.416 e. The number of carbonyl (C=O) groups is 1. The van der Waals surface area contributed by atoms with Gasteiger partial charge in [0.15, 0.2) is 5.82 Å². The van der Waals surface area contributed by atoms with Crippen molar-refractivity contribution in [1.29, 1.82) is 0 Å². The summed E-state index contributed by atoms with van der Waals surface area (Å²) in [5.74, 6) is 0.278. The molecule has 37 heavy (non-hydrogen) atoms. The summed E-state index contributed by atoms with van der Waals surface area (Å²) in [5, 5.41) is 10.2. The van der Waals surface area contributed by atoms with E-state index in [1.807, 2.05) is 0 Å². The van der Waals surface area contributed by atoms with Gasteiger partial charge in [0, 0.05) is 29.1 Å². The Morgan fingerprint density at radius 1 is 0.973 bits per heavy atom. The summed E-state index contributed by atoms with van der Waals surface area (Å²) < 4.78 is 50.9. The highest BCUT2D eigenvalue weighted by atomic mass is 35.5. The van der Waals surface area contributed by atoms with Crippen molar-refractivity contribution in [1.82, 2.24) is 14.8 Å². The molecular weight excluding hydrogens is 511 g/mol. The van der Waals surface area contributed by atoms with Crippen LogP contribution < -0.4 is 15.4 Å². The smallest absolute Gasteiger partial charge is 0.416 e. The molecule has 4 aromatic rings. The third kappa shape index (κ3) is 6.78. The topological polar surface area (TPSA) is 90.3 Å². The molecule has 0 unspecified atom stereocenters. The molecule has 0 radical (unpaired) electrons. The Bertz CT molecular complexity index is 1360. The minimum absolute atomic E-state index is 0.0371. The number of urea groups is 1. The molecule has 4 rings (SSSR count). The fourth-order valence-electron chi connectivity index (χ4n) is 3.29. The Morgan fingerprint density at radius 2 is 1.68 bits per heavy atom. The lowest BCUT2D eigenvalue weighted by atomic mass is 10.1. The zero-order valence-corrected chi connectivity index (χ0v) is 20.2. The van der Waals surface area contributed by atoms with Gasteiger partial charge in [0.1, 0.15) is 6.61 Å². The van der Waals surface area contributed by atoms with Gasteiger partial charge in [-0.2, -0.15) is 18.2 Å². The van der Waals surface area contributed by atoms with Gasteiger partial charge in [0.2, 0.25) is 0 Å². The number of rotatable bonds is 8. The van der Waals surface area contributed by atoms with E-state index >= 15 is 0 Å². The molecule has 12 heteroatoms. The Balaban J connectivity index is 1.56. The molecule has 1 aromatic heterocycles. The predicted octanol–water partition coefficient (Wildman–Crippen LogP) is 6.28. The van der Waals surface area contributed by atoms with Gasteiger partial charge in [-0.15, -0.1) is 5.10 Å². The summed E-state index contributed by atoms with van der Waals surface area (Å²) in [4.78, 5) is 16.7. The van der Waals surface area contributed by atoms with Crippen LogP contribution in [0.25, 0.3) is 17.1 Å². The zero-order chi connectivity index (χ0) is 26.4. The van der Waals surface area contributed by atoms with Crippen molar-refractivity contribution in [3.63, 3.8) is 0 Å². The van der Waals surface area contributed by atoms with Crippen molar-refractivity contribution in [2.45, 2.75) is 6.18 Å². The minimum Gasteiger partial charge on any atom is -0.460 e. The first-order chi connectivity index (χ1) is 17.7. The molecule has 192 valence electrons. The third-order valence-corrected chi connectivity index (χ3v) is 5.26. The number of amides is 2. The molecule has 0 atom stereocenters. The maximum atomic E-state index is 13.0. The van der Waals surface area contributed by atoms with Gasteiger partial charge in [-0.25, -0.2) is 9.48 Å². The molecule has 2 N–H and O–H groups in total. The molecule has 1 heterocycles. The molecule has 0 aliphatic heterocycles. The van der Waals surface area contributed by atoms with E-state index in [-0.39, 0.29) is 18.4 Å². The Kier molecular flexibility index (Phi) is 7.95. The van der Waals surface area contributed by atoms with Crippen LogP contribution in [0.15, 0.2) is 72.8 Å². The average Bonchev–Trinajstić information content (AvgIpc) is 3.28. The first-order valence-corrected chi connectivity index (χ1v) is 11.3. The molecule has 0 bridgehead atoms. The molecule has 3 aromatic carbocycles. The fourth-order valence-corrected chi connectivity index (χ4v) is 3.48. The Labute approximate surface area is 215 Å². The number of anilines is 2. The fraction of sp³-hybridized carbons (Fsp3) is 0.160. The number of nitrogens with one attached hydrogen (secondary N) is 2. The van der Waals surface area contributed by atoms with Crippen LogP contribution in [0.1, 0.15) is 5.56 Å². The minimum atomic E-state index is -4.46. The van der Waals surface area contributed by atoms with Crippen LogP contribution in [0.2, 0.25) is 5.02 Å². The van der Waals surface area contributed by atoms with E-state index < -0.39 is 17.8 Å². The van der Waals surface area contributed by atoms with Gasteiger partial charge >= 0.3 is 18.2 Å². The highest BCUT2D eigenvalue weighted by Gasteiger charge is 2.30. The lowest BCUT2D eigenvalue weighted by Gasteiger charge is -2.10. The molecule has 0 aliphatic rings. The monoisotopic (exact) mass is 531 g/mol. The predicted molar refractivity (Wildman–Crippen MR) is 133 cm³/mol. The normalized spacial score (nSPS) is 11.3. The first kappa shape index (κ1) is 26.0. The van der Waals surface area contributed by atoms with Crippen LogP contribution in [-0.4, -0.2) is 41.1 Å². The summed E-state index contributed by atoms with van der Waals surface area (Å²) in [6, 6.07) is 17.5. The van der Waals surface area contributed by atoms with Crippen molar-refractivity contribution in [3.05, 3.63) is 83.4 Å². The number of alkyl halides is 3. The summed E-state index contributed by atoms with van der Waals surface area (Å²) in [7, 11) is 1.52. The average molecular weight is 532 g/mol. The number of aromatic nitrogens is 3. The number of carbonyl (C=O) groups excluding carboxylic acids is 1. The van der Waals surface area contributed by atoms with E-state index in [2.05, 4.69) is 20.7 Å². The number of nitrogens with zero attached hydrogens (tertiary/aromatic N) is 3. The van der Waals surface area contributed by atoms with E-state index in [4.69, 9.17) is 21.1 Å². The van der Waals surface area contributed by atoms with E-state index in [0.717, 1.165) is 12.1 Å². The lowest BCUT2D eigenvalue weighted by Crippen LogP contribution is -2.19. The van der Waals surface area contributed by atoms with Gasteiger partial charge in [0.25, 0.3) is 0 Å². The van der Waals surface area contributed by atoms with Crippen LogP contribution >= 0.6 is 11.6 Å². The molecule has 0 saturated carbocycles. The van der Waals surface area contributed by atoms with Gasteiger partial charge < -0.3 is 20.1 Å². The van der Waals surface area contributed by atoms with Crippen LogP contribution in [0.3, 0.4) is 0 Å². The number of halogens is 4. The van der Waals surface area contributed by atoms with Gasteiger partial charge in [0.05, 0.1) is 17.9 Å². The molecule has 0 spiro atoms. The number of ether oxygens (including phenoxy) is 2. The number of hydrogen-bond acceptors (Lipinski definition) is 5. The lowest BCUT2D eigenvalue weighted by molar-refractivity contribution is -0.137. The number of benzene rings is 3. The largest absolute Gasteiger partial charge is 0.460 e. The quantitative estimate of drug-likeness (QED) is 0.261. The Morgan fingerprint density at radius 3 is 2.32 bits per heavy atom. The van der Waals surface area contributed by atoms with Crippen LogP contribution in [0.4, 0.5) is 29.3 Å². The van der Waals surface area contributed by atoms with Crippen LogP contribution in [0.5, 0.6) is 6.01 Å². The summed E-state index contributed by atoms with van der Waals surface area (Å²) in [6.07, 6.45) is -4.46. The molecule has 8 nitrogen and oxygen atoms in total. The van der Waals surface area contributed by atoms with Gasteiger partial charge in [-0.3, -0.25) is 0 Å². The standard InChI is InChI=1S/C25H21ClF3N5O3/c1-36-13-14-37-24-32-22(16-5-7-17(8-6-16)25(27,28)29)34(33-24)21-11-9-19(10-12-21)30-23(35)31-20-4-2-3-18(26)15-20/h2-12,15H,13-14H2,1H3,(H2,30,31,35). The maximum absolute atomic E-state index is 13.0. The van der Waals surface area contributed by atoms with E-state index in [1.54, 1.807) is 48.5 Å². The van der Waals surface area contributed by atoms with Crippen molar-refractivity contribution in [3.8, 4) is 23.1 Å².